The summed E-state index contributed by atoms with van der Waals surface area (Å²) in [5.41, 5.74) is 2.43. The number of nitrogens with zero attached hydrogens (tertiary/aromatic N) is 1. The van der Waals surface area contributed by atoms with Crippen molar-refractivity contribution < 1.29 is 29.1 Å². The molecule has 0 spiro atoms. The second kappa shape index (κ2) is 7.88. The van der Waals surface area contributed by atoms with Gasteiger partial charge >= 0.3 is 0 Å². The molecule has 1 aromatic heterocycles. The van der Waals surface area contributed by atoms with Crippen LogP contribution in [0, 0.1) is 18.8 Å². The minimum absolute atomic E-state index is 0. The zero-order valence-corrected chi connectivity index (χ0v) is 15.3. The van der Waals surface area contributed by atoms with Gasteiger partial charge in [0.25, 0.3) is 0 Å². The molecule has 3 aromatic rings. The maximum Gasteiger partial charge on any atom is 0.161 e. The SMILES string of the molecule is [CH]Cc1[c-]c(-c2nc(CP=O)c(F)c3ccccc23)ccc1.[Ir]. The van der Waals surface area contributed by atoms with Crippen molar-refractivity contribution in [2.75, 3.05) is 0 Å². The summed E-state index contributed by atoms with van der Waals surface area (Å²) in [5.74, 6) is -0.419. The Kier molecular flexibility index (Phi) is 6.12. The molecule has 0 aliphatic rings. The molecule has 2 nitrogen and oxygen atoms in total. The Morgan fingerprint density at radius 2 is 1.87 bits per heavy atom. The minimum atomic E-state index is -0.419. The van der Waals surface area contributed by atoms with E-state index in [1.54, 1.807) is 12.1 Å². The average Bonchev–Trinajstić information content (AvgIpc) is 2.57. The number of pyridine rings is 1. The smallest absolute Gasteiger partial charge is 0.161 e. The molecule has 0 saturated carbocycles. The normalized spacial score (nSPS) is 10.7. The number of hydrogen-bond donors (Lipinski definition) is 0. The third kappa shape index (κ3) is 3.55. The summed E-state index contributed by atoms with van der Waals surface area (Å²) >= 11 is 0. The van der Waals surface area contributed by atoms with E-state index in [-0.39, 0.29) is 40.4 Å². The predicted octanol–water partition coefficient (Wildman–Crippen LogP) is 4.88. The molecule has 0 bridgehead atoms. The summed E-state index contributed by atoms with van der Waals surface area (Å²) in [4.78, 5) is 4.38. The van der Waals surface area contributed by atoms with Gasteiger partial charge in [-0.25, -0.2) is 4.39 Å². The summed E-state index contributed by atoms with van der Waals surface area (Å²) in [6.45, 7) is 5.66. The molecule has 117 valence electrons. The Morgan fingerprint density at radius 3 is 2.57 bits per heavy atom. The summed E-state index contributed by atoms with van der Waals surface area (Å²) in [7, 11) is -0.161. The zero-order chi connectivity index (χ0) is 15.5. The van der Waals surface area contributed by atoms with E-state index in [4.69, 9.17) is 6.92 Å². The van der Waals surface area contributed by atoms with Gasteiger partial charge in [0.15, 0.2) is 14.3 Å². The molecule has 0 fully saturated rings. The maximum atomic E-state index is 14.5. The van der Waals surface area contributed by atoms with Crippen LogP contribution in [0.4, 0.5) is 4.39 Å². The largest absolute Gasteiger partial charge is 0.297 e. The van der Waals surface area contributed by atoms with E-state index >= 15 is 0 Å². The van der Waals surface area contributed by atoms with Crippen molar-refractivity contribution in [1.82, 2.24) is 4.98 Å². The van der Waals surface area contributed by atoms with E-state index in [1.807, 2.05) is 30.3 Å². The Bertz CT molecular complexity index is 854. The van der Waals surface area contributed by atoms with Crippen LogP contribution in [0.25, 0.3) is 22.0 Å². The fourth-order valence-electron chi connectivity index (χ4n) is 2.43. The second-order valence-electron chi connectivity index (χ2n) is 4.85. The van der Waals surface area contributed by atoms with Gasteiger partial charge in [0.1, 0.15) is 0 Å². The van der Waals surface area contributed by atoms with Crippen molar-refractivity contribution in [2.45, 2.75) is 12.6 Å². The number of rotatable bonds is 4. The van der Waals surface area contributed by atoms with Crippen LogP contribution in [0.5, 0.6) is 0 Å². The summed E-state index contributed by atoms with van der Waals surface area (Å²) in [6, 6.07) is 16.0. The monoisotopic (exact) mass is 501 g/mol. The molecule has 3 radical (unpaired) electrons. The fraction of sp³-hybridized carbons (Fsp3) is 0.111. The number of hydrogen-bond acceptors (Lipinski definition) is 2. The Morgan fingerprint density at radius 1 is 1.13 bits per heavy atom. The van der Waals surface area contributed by atoms with E-state index < -0.39 is 5.82 Å². The van der Waals surface area contributed by atoms with Crippen LogP contribution < -0.4 is 0 Å². The topological polar surface area (TPSA) is 30.0 Å². The van der Waals surface area contributed by atoms with Crippen LogP contribution in [0.1, 0.15) is 11.3 Å². The van der Waals surface area contributed by atoms with Gasteiger partial charge in [-0.3, -0.25) is 9.55 Å². The maximum absolute atomic E-state index is 14.5. The van der Waals surface area contributed by atoms with E-state index in [0.29, 0.717) is 22.9 Å². The van der Waals surface area contributed by atoms with Crippen molar-refractivity contribution >= 4 is 19.2 Å². The number of fused-ring (bicyclic) bond motifs is 1. The van der Waals surface area contributed by atoms with Crippen LogP contribution in [-0.4, -0.2) is 4.98 Å². The van der Waals surface area contributed by atoms with E-state index in [0.717, 1.165) is 11.1 Å². The standard InChI is InChI=1S/C18H12FNOP.Ir/c1-2-12-6-5-7-13(10-12)18-15-9-4-3-8-14(15)17(19)16(20-18)11-22-21;/h1,3-9H,2,11H2;/q-1;. The van der Waals surface area contributed by atoms with Gasteiger partial charge in [0.05, 0.1) is 11.9 Å². The van der Waals surface area contributed by atoms with Crippen molar-refractivity contribution in [3.05, 3.63) is 72.5 Å². The number of benzene rings is 2. The van der Waals surface area contributed by atoms with Crippen LogP contribution in [-0.2, 0) is 37.3 Å². The van der Waals surface area contributed by atoms with Crippen LogP contribution in [0.15, 0.2) is 42.5 Å². The first-order valence-corrected chi connectivity index (χ1v) is 7.82. The number of aromatic nitrogens is 1. The molecule has 2 aromatic carbocycles. The van der Waals surface area contributed by atoms with Gasteiger partial charge in [-0.15, -0.1) is 35.4 Å². The summed E-state index contributed by atoms with van der Waals surface area (Å²) in [6.07, 6.45) is 0.416. The van der Waals surface area contributed by atoms with Crippen molar-refractivity contribution in [1.29, 1.82) is 0 Å². The molecule has 0 atom stereocenters. The zero-order valence-electron chi connectivity index (χ0n) is 12.0. The van der Waals surface area contributed by atoms with Crippen LogP contribution >= 0.6 is 8.46 Å². The summed E-state index contributed by atoms with van der Waals surface area (Å²) < 4.78 is 25.3. The van der Waals surface area contributed by atoms with Gasteiger partial charge in [0, 0.05) is 25.5 Å². The Hall–Kier alpha value is -1.47. The Labute approximate surface area is 149 Å². The van der Waals surface area contributed by atoms with Gasteiger partial charge in [-0.1, -0.05) is 24.3 Å². The average molecular weight is 500 g/mol. The minimum Gasteiger partial charge on any atom is -0.297 e. The van der Waals surface area contributed by atoms with Crippen LogP contribution in [0.3, 0.4) is 0 Å². The van der Waals surface area contributed by atoms with E-state index in [2.05, 4.69) is 11.1 Å². The van der Waals surface area contributed by atoms with Gasteiger partial charge in [-0.2, -0.15) is 0 Å². The molecule has 1 heterocycles. The molecule has 23 heavy (non-hydrogen) atoms. The second-order valence-corrected chi connectivity index (χ2v) is 5.42. The Balaban J connectivity index is 0.00000192. The fourth-order valence-corrected chi connectivity index (χ4v) is 2.76. The first-order chi connectivity index (χ1) is 10.7. The van der Waals surface area contributed by atoms with Crippen molar-refractivity contribution in [3.63, 3.8) is 0 Å². The first kappa shape index (κ1) is 17.9. The molecular formula is C18H12FIrNOP-. The van der Waals surface area contributed by atoms with E-state index in [1.165, 1.54) is 0 Å². The molecule has 0 unspecified atom stereocenters. The van der Waals surface area contributed by atoms with Gasteiger partial charge in [0.2, 0.25) is 0 Å². The molecule has 0 amide bonds. The molecule has 0 N–H and O–H groups in total. The number of halogens is 1. The van der Waals surface area contributed by atoms with Crippen molar-refractivity contribution in [3.8, 4) is 11.3 Å². The molecule has 3 rings (SSSR count). The molecule has 0 saturated heterocycles. The molecule has 5 heteroatoms. The van der Waals surface area contributed by atoms with Crippen LogP contribution in [0.2, 0.25) is 0 Å². The first-order valence-electron chi connectivity index (χ1n) is 6.82. The molecule has 0 aliphatic heterocycles. The quantitative estimate of drug-likeness (QED) is 0.378. The third-order valence-corrected chi connectivity index (χ3v) is 3.89. The third-order valence-electron chi connectivity index (χ3n) is 3.46. The van der Waals surface area contributed by atoms with Gasteiger partial charge in [-0.05, 0) is 24.4 Å². The van der Waals surface area contributed by atoms with Crippen molar-refractivity contribution in [2.24, 2.45) is 0 Å². The predicted molar refractivity (Wildman–Crippen MR) is 85.3 cm³/mol. The van der Waals surface area contributed by atoms with Gasteiger partial charge < -0.3 is 0 Å². The summed E-state index contributed by atoms with van der Waals surface area (Å²) in [5, 5.41) is 1.18. The molecular weight excluding hydrogens is 488 g/mol. The van der Waals surface area contributed by atoms with E-state index in [9.17, 15) is 8.96 Å². The molecule has 0 aliphatic carbocycles.